The first-order valence-electron chi connectivity index (χ1n) is 9.32. The van der Waals surface area contributed by atoms with Gasteiger partial charge in [-0.1, -0.05) is 36.4 Å². The standard InChI is InChI=1S/C24H21NO3/c1-23(26)11-7-15-3-5-19-21(17(15)9-13-23)25-22-18-10-14-24(2,27)12-8-16(18)4-6-20(22)28-19/h3-14,25-27H,1-2H3. The summed E-state index contributed by atoms with van der Waals surface area (Å²) < 4.78 is 6.19. The van der Waals surface area contributed by atoms with Gasteiger partial charge in [0.15, 0.2) is 11.5 Å². The van der Waals surface area contributed by atoms with Crippen molar-refractivity contribution in [1.82, 2.24) is 0 Å². The van der Waals surface area contributed by atoms with Crippen LogP contribution in [0, 0.1) is 0 Å². The molecule has 0 radical (unpaired) electrons. The van der Waals surface area contributed by atoms with Crippen LogP contribution in [-0.4, -0.2) is 21.4 Å². The van der Waals surface area contributed by atoms with Gasteiger partial charge in [0.25, 0.3) is 0 Å². The Bertz CT molecular complexity index is 1030. The number of nitrogens with one attached hydrogen (secondary N) is 1. The van der Waals surface area contributed by atoms with Gasteiger partial charge in [-0.2, -0.15) is 0 Å². The number of aliphatic hydroxyl groups is 2. The van der Waals surface area contributed by atoms with E-state index >= 15 is 0 Å². The van der Waals surface area contributed by atoms with Gasteiger partial charge in [-0.3, -0.25) is 0 Å². The summed E-state index contributed by atoms with van der Waals surface area (Å²) in [5.74, 6) is 1.48. The predicted molar refractivity (Wildman–Crippen MR) is 114 cm³/mol. The van der Waals surface area contributed by atoms with Crippen LogP contribution in [0.4, 0.5) is 11.4 Å². The number of hydrogen-bond acceptors (Lipinski definition) is 4. The molecule has 5 rings (SSSR count). The fraction of sp³-hybridized carbons (Fsp3) is 0.167. The SMILES string of the molecule is CC1(O)C=Cc2ccc3c(c2C=C1)Nc1c(ccc2c1C=CC(C)(O)C=C2)O3. The van der Waals surface area contributed by atoms with E-state index in [-0.39, 0.29) is 0 Å². The maximum absolute atomic E-state index is 10.4. The van der Waals surface area contributed by atoms with Crippen LogP contribution in [0.2, 0.25) is 0 Å². The Kier molecular flexibility index (Phi) is 3.48. The van der Waals surface area contributed by atoms with E-state index in [2.05, 4.69) is 5.32 Å². The summed E-state index contributed by atoms with van der Waals surface area (Å²) in [5, 5.41) is 24.3. The predicted octanol–water partition coefficient (Wildman–Crippen LogP) is 5.12. The van der Waals surface area contributed by atoms with Crippen molar-refractivity contribution >= 4 is 35.7 Å². The van der Waals surface area contributed by atoms with Crippen LogP contribution in [0.15, 0.2) is 48.6 Å². The van der Waals surface area contributed by atoms with E-state index in [1.165, 1.54) is 0 Å². The van der Waals surface area contributed by atoms with Gasteiger partial charge in [0.05, 0.1) is 22.6 Å². The highest BCUT2D eigenvalue weighted by molar-refractivity contribution is 5.92. The summed E-state index contributed by atoms with van der Waals surface area (Å²) in [5.41, 5.74) is 3.70. The molecule has 3 N–H and O–H groups in total. The topological polar surface area (TPSA) is 61.7 Å². The van der Waals surface area contributed by atoms with E-state index in [0.717, 1.165) is 45.1 Å². The largest absolute Gasteiger partial charge is 0.453 e. The molecule has 3 aliphatic rings. The molecule has 0 amide bonds. The molecule has 0 aromatic heterocycles. The molecule has 2 aliphatic carbocycles. The third-order valence-electron chi connectivity index (χ3n) is 5.33. The molecule has 4 heteroatoms. The highest BCUT2D eigenvalue weighted by Crippen LogP contribution is 2.48. The van der Waals surface area contributed by atoms with E-state index in [1.54, 1.807) is 38.2 Å². The molecule has 28 heavy (non-hydrogen) atoms. The van der Waals surface area contributed by atoms with Crippen molar-refractivity contribution in [1.29, 1.82) is 0 Å². The zero-order valence-electron chi connectivity index (χ0n) is 15.7. The van der Waals surface area contributed by atoms with Crippen molar-refractivity contribution in [2.45, 2.75) is 25.0 Å². The first-order chi connectivity index (χ1) is 13.3. The normalized spacial score (nSPS) is 26.1. The lowest BCUT2D eigenvalue weighted by Crippen LogP contribution is -2.15. The molecule has 2 unspecified atom stereocenters. The molecule has 0 saturated heterocycles. The molecule has 2 aromatic rings. The molecule has 0 bridgehead atoms. The molecule has 1 aliphatic heterocycles. The third kappa shape index (κ3) is 2.78. The first-order valence-corrected chi connectivity index (χ1v) is 9.32. The van der Waals surface area contributed by atoms with Crippen LogP contribution in [0.3, 0.4) is 0 Å². The Morgan fingerprint density at radius 2 is 1.11 bits per heavy atom. The van der Waals surface area contributed by atoms with Gasteiger partial charge in [-0.05, 0) is 61.4 Å². The van der Waals surface area contributed by atoms with E-state index in [0.29, 0.717) is 0 Å². The zero-order chi connectivity index (χ0) is 19.5. The van der Waals surface area contributed by atoms with Crippen molar-refractivity contribution < 1.29 is 14.9 Å². The molecule has 0 spiro atoms. The van der Waals surface area contributed by atoms with Crippen molar-refractivity contribution in [3.63, 3.8) is 0 Å². The minimum atomic E-state index is -0.991. The molecular weight excluding hydrogens is 350 g/mol. The van der Waals surface area contributed by atoms with Crippen molar-refractivity contribution in [2.24, 2.45) is 0 Å². The summed E-state index contributed by atoms with van der Waals surface area (Å²) >= 11 is 0. The van der Waals surface area contributed by atoms with Crippen LogP contribution in [0.5, 0.6) is 11.5 Å². The highest BCUT2D eigenvalue weighted by Gasteiger charge is 2.26. The van der Waals surface area contributed by atoms with E-state index < -0.39 is 11.2 Å². The Hall–Kier alpha value is -3.08. The minimum Gasteiger partial charge on any atom is -0.453 e. The Labute approximate surface area is 163 Å². The molecular formula is C24H21NO3. The Morgan fingerprint density at radius 1 is 0.679 bits per heavy atom. The second-order valence-electron chi connectivity index (χ2n) is 7.90. The Balaban J connectivity index is 1.66. The summed E-state index contributed by atoms with van der Waals surface area (Å²) in [6, 6.07) is 7.86. The fourth-order valence-electron chi connectivity index (χ4n) is 3.68. The zero-order valence-corrected chi connectivity index (χ0v) is 15.7. The van der Waals surface area contributed by atoms with Crippen LogP contribution < -0.4 is 10.1 Å². The monoisotopic (exact) mass is 371 g/mol. The summed E-state index contributed by atoms with van der Waals surface area (Å²) in [6.07, 6.45) is 14.8. The van der Waals surface area contributed by atoms with Gasteiger partial charge in [-0.15, -0.1) is 0 Å². The maximum Gasteiger partial charge on any atom is 0.151 e. The lowest BCUT2D eigenvalue weighted by Gasteiger charge is -2.26. The molecule has 0 saturated carbocycles. The lowest BCUT2D eigenvalue weighted by atomic mass is 9.99. The lowest BCUT2D eigenvalue weighted by molar-refractivity contribution is 0.165. The average molecular weight is 371 g/mol. The van der Waals surface area contributed by atoms with Gasteiger partial charge < -0.3 is 20.3 Å². The van der Waals surface area contributed by atoms with Crippen LogP contribution in [-0.2, 0) is 0 Å². The molecule has 4 nitrogen and oxygen atoms in total. The van der Waals surface area contributed by atoms with E-state index in [9.17, 15) is 10.2 Å². The number of fused-ring (bicyclic) bond motifs is 6. The summed E-state index contributed by atoms with van der Waals surface area (Å²) in [6.45, 7) is 3.50. The molecule has 2 atom stereocenters. The van der Waals surface area contributed by atoms with Gasteiger partial charge in [0, 0.05) is 11.1 Å². The van der Waals surface area contributed by atoms with Crippen molar-refractivity contribution in [3.8, 4) is 11.5 Å². The van der Waals surface area contributed by atoms with Gasteiger partial charge in [0.1, 0.15) is 0 Å². The van der Waals surface area contributed by atoms with Gasteiger partial charge >= 0.3 is 0 Å². The summed E-state index contributed by atoms with van der Waals surface area (Å²) in [4.78, 5) is 0. The quantitative estimate of drug-likeness (QED) is 0.513. The van der Waals surface area contributed by atoms with E-state index in [1.807, 2.05) is 48.6 Å². The van der Waals surface area contributed by atoms with Crippen LogP contribution >= 0.6 is 0 Å². The number of rotatable bonds is 0. The van der Waals surface area contributed by atoms with E-state index in [4.69, 9.17) is 4.74 Å². The van der Waals surface area contributed by atoms with Crippen molar-refractivity contribution in [2.75, 3.05) is 5.32 Å². The summed E-state index contributed by atoms with van der Waals surface area (Å²) in [7, 11) is 0. The highest BCUT2D eigenvalue weighted by atomic mass is 16.5. The van der Waals surface area contributed by atoms with Crippen LogP contribution in [0.25, 0.3) is 24.3 Å². The maximum atomic E-state index is 10.4. The number of hydrogen-bond donors (Lipinski definition) is 3. The number of anilines is 2. The molecule has 140 valence electrons. The molecule has 1 heterocycles. The second kappa shape index (κ2) is 5.71. The third-order valence-corrected chi connectivity index (χ3v) is 5.33. The average Bonchev–Trinajstić information content (AvgIpc) is 2.91. The van der Waals surface area contributed by atoms with Gasteiger partial charge in [-0.25, -0.2) is 0 Å². The minimum absolute atomic E-state index is 0.742. The second-order valence-corrected chi connectivity index (χ2v) is 7.90. The molecule has 2 aromatic carbocycles. The van der Waals surface area contributed by atoms with Crippen LogP contribution in [0.1, 0.15) is 36.1 Å². The number of ether oxygens (including phenoxy) is 1. The van der Waals surface area contributed by atoms with Crippen molar-refractivity contribution in [3.05, 3.63) is 70.8 Å². The fourth-order valence-corrected chi connectivity index (χ4v) is 3.68. The Morgan fingerprint density at radius 3 is 1.57 bits per heavy atom. The first kappa shape index (κ1) is 17.0. The molecule has 0 fully saturated rings. The number of benzene rings is 2. The van der Waals surface area contributed by atoms with Gasteiger partial charge in [0.2, 0.25) is 0 Å². The smallest absolute Gasteiger partial charge is 0.151 e.